The summed E-state index contributed by atoms with van der Waals surface area (Å²) < 4.78 is 4.81. The Morgan fingerprint density at radius 3 is 2.71 bits per heavy atom. The van der Waals surface area contributed by atoms with Crippen molar-refractivity contribution >= 4 is 34.9 Å². The van der Waals surface area contributed by atoms with Crippen LogP contribution < -0.4 is 15.6 Å². The number of hydrogen-bond acceptors (Lipinski definition) is 4. The van der Waals surface area contributed by atoms with Gasteiger partial charge >= 0.3 is 5.97 Å². The summed E-state index contributed by atoms with van der Waals surface area (Å²) in [4.78, 5) is 17.2. The van der Waals surface area contributed by atoms with Crippen LogP contribution in [0.1, 0.15) is 24.8 Å². The monoisotopic (exact) mass is 328 g/mol. The molecule has 0 saturated heterocycles. The van der Waals surface area contributed by atoms with Crippen molar-refractivity contribution in [3.63, 3.8) is 0 Å². The molecular weight excluding hydrogens is 312 g/mol. The topological polar surface area (TPSA) is 59.6 Å². The molecule has 5 nitrogen and oxygen atoms in total. The van der Waals surface area contributed by atoms with E-state index < -0.39 is 5.54 Å². The second-order valence-electron chi connectivity index (χ2n) is 5.00. The first kappa shape index (κ1) is 15.9. The molecule has 0 aromatic heterocycles. The van der Waals surface area contributed by atoms with Gasteiger partial charge in [-0.05, 0) is 50.0 Å². The van der Waals surface area contributed by atoms with Crippen LogP contribution in [-0.4, -0.2) is 23.7 Å². The van der Waals surface area contributed by atoms with Crippen molar-refractivity contribution < 1.29 is 14.4 Å². The number of aryl methyl sites for hydroxylation is 1. The van der Waals surface area contributed by atoms with Crippen molar-refractivity contribution in [1.29, 1.82) is 0 Å². The highest BCUT2D eigenvalue weighted by molar-refractivity contribution is 7.80. The number of methoxy groups -OCH3 is 1. The van der Waals surface area contributed by atoms with Gasteiger partial charge in [-0.15, -0.1) is 0 Å². The second kappa shape index (κ2) is 6.49. The molecule has 7 heteroatoms. The number of rotatable bonds is 4. The van der Waals surface area contributed by atoms with E-state index >= 15 is 0 Å². The summed E-state index contributed by atoms with van der Waals surface area (Å²) in [5.41, 5.74) is 2.81. The zero-order valence-electron chi connectivity index (χ0n) is 11.9. The first-order chi connectivity index (χ1) is 9.97. The van der Waals surface area contributed by atoms with Crippen LogP contribution in [-0.2, 0) is 9.53 Å². The maximum Gasteiger partial charge on any atom is 0.331 e. The average molecular weight is 329 g/mol. The number of hydroxylamine groups is 1. The first-order valence-corrected chi connectivity index (χ1v) is 7.35. The third-order valence-corrected chi connectivity index (χ3v) is 3.96. The Morgan fingerprint density at radius 2 is 2.14 bits per heavy atom. The van der Waals surface area contributed by atoms with E-state index in [1.54, 1.807) is 12.1 Å². The number of halogens is 1. The SMILES string of the molecule is COC(=O)C1(NC(=S)NOc2cc(Cl)ccc2C)CCC1. The summed E-state index contributed by atoms with van der Waals surface area (Å²) in [7, 11) is 1.37. The fraction of sp³-hybridized carbons (Fsp3) is 0.429. The maximum absolute atomic E-state index is 11.8. The fourth-order valence-electron chi connectivity index (χ4n) is 2.13. The predicted molar refractivity (Wildman–Crippen MR) is 84.3 cm³/mol. The van der Waals surface area contributed by atoms with Crippen LogP contribution >= 0.6 is 23.8 Å². The van der Waals surface area contributed by atoms with Crippen LogP contribution in [0.2, 0.25) is 5.02 Å². The molecule has 0 aliphatic heterocycles. The van der Waals surface area contributed by atoms with Gasteiger partial charge in [0.25, 0.3) is 0 Å². The Bertz CT molecular complexity index is 561. The summed E-state index contributed by atoms with van der Waals surface area (Å²) in [5.74, 6) is 0.268. The Labute approximate surface area is 133 Å². The van der Waals surface area contributed by atoms with Crippen LogP contribution in [0, 0.1) is 6.92 Å². The van der Waals surface area contributed by atoms with Crippen LogP contribution in [0.25, 0.3) is 0 Å². The molecule has 1 aromatic rings. The van der Waals surface area contributed by atoms with Crippen molar-refractivity contribution in [3.05, 3.63) is 28.8 Å². The number of thiocarbonyl (C=S) groups is 1. The smallest absolute Gasteiger partial charge is 0.331 e. The molecule has 1 aromatic carbocycles. The van der Waals surface area contributed by atoms with Gasteiger partial charge in [0.05, 0.1) is 7.11 Å². The molecule has 1 aliphatic carbocycles. The largest absolute Gasteiger partial charge is 0.467 e. The zero-order chi connectivity index (χ0) is 15.5. The molecule has 1 saturated carbocycles. The molecule has 114 valence electrons. The average Bonchev–Trinajstić information content (AvgIpc) is 2.43. The fourth-order valence-corrected chi connectivity index (χ4v) is 2.53. The Morgan fingerprint density at radius 1 is 1.43 bits per heavy atom. The molecule has 0 atom stereocenters. The van der Waals surface area contributed by atoms with Crippen molar-refractivity contribution in [3.8, 4) is 5.75 Å². The number of benzene rings is 1. The Hall–Kier alpha value is -1.53. The lowest BCUT2D eigenvalue weighted by Gasteiger charge is -2.39. The summed E-state index contributed by atoms with van der Waals surface area (Å²) in [5, 5.41) is 3.78. The quantitative estimate of drug-likeness (QED) is 0.503. The lowest BCUT2D eigenvalue weighted by Crippen LogP contribution is -2.61. The molecule has 1 aliphatic rings. The van der Waals surface area contributed by atoms with E-state index in [1.165, 1.54) is 7.11 Å². The Balaban J connectivity index is 1.93. The second-order valence-corrected chi connectivity index (χ2v) is 5.84. The van der Waals surface area contributed by atoms with Gasteiger partial charge in [0.2, 0.25) is 5.11 Å². The molecule has 1 fully saturated rings. The summed E-state index contributed by atoms with van der Waals surface area (Å²) in [6.45, 7) is 1.89. The minimum Gasteiger partial charge on any atom is -0.467 e. The first-order valence-electron chi connectivity index (χ1n) is 6.56. The lowest BCUT2D eigenvalue weighted by atomic mass is 9.77. The van der Waals surface area contributed by atoms with Gasteiger partial charge < -0.3 is 14.9 Å². The van der Waals surface area contributed by atoms with Crippen molar-refractivity contribution in [2.45, 2.75) is 31.7 Å². The molecule has 0 radical (unpaired) electrons. The standard InChI is InChI=1S/C14H17ClN2O3S/c1-9-4-5-10(15)8-11(9)20-17-13(21)16-14(6-3-7-14)12(18)19-2/h4-5,8H,3,6-7H2,1-2H3,(H2,16,17,21). The maximum atomic E-state index is 11.8. The number of carbonyl (C=O) groups excluding carboxylic acids is 1. The van der Waals surface area contributed by atoms with E-state index in [1.807, 2.05) is 13.0 Å². The van der Waals surface area contributed by atoms with Gasteiger partial charge in [-0.1, -0.05) is 17.7 Å². The highest BCUT2D eigenvalue weighted by Crippen LogP contribution is 2.32. The van der Waals surface area contributed by atoms with Crippen LogP contribution in [0.15, 0.2) is 18.2 Å². The molecule has 0 unspecified atom stereocenters. The molecule has 21 heavy (non-hydrogen) atoms. The molecule has 2 rings (SSSR count). The minimum absolute atomic E-state index is 0.236. The van der Waals surface area contributed by atoms with Crippen LogP contribution in [0.4, 0.5) is 0 Å². The van der Waals surface area contributed by atoms with Gasteiger partial charge in [-0.3, -0.25) is 0 Å². The number of ether oxygens (including phenoxy) is 1. The van der Waals surface area contributed by atoms with Crippen molar-refractivity contribution in [2.24, 2.45) is 0 Å². The van der Waals surface area contributed by atoms with Crippen LogP contribution in [0.5, 0.6) is 5.75 Å². The van der Waals surface area contributed by atoms with E-state index in [0.717, 1.165) is 12.0 Å². The summed E-state index contributed by atoms with van der Waals surface area (Å²) in [6, 6.07) is 5.31. The summed E-state index contributed by atoms with van der Waals surface area (Å²) >= 11 is 11.1. The molecule has 2 N–H and O–H groups in total. The minimum atomic E-state index is -0.731. The van der Waals surface area contributed by atoms with E-state index in [9.17, 15) is 4.79 Å². The third-order valence-electron chi connectivity index (χ3n) is 3.54. The van der Waals surface area contributed by atoms with Gasteiger partial charge in [0, 0.05) is 11.1 Å². The van der Waals surface area contributed by atoms with Gasteiger partial charge in [0.1, 0.15) is 5.54 Å². The lowest BCUT2D eigenvalue weighted by molar-refractivity contribution is -0.151. The number of esters is 1. The van der Waals surface area contributed by atoms with E-state index in [2.05, 4.69) is 10.8 Å². The molecule has 0 spiro atoms. The van der Waals surface area contributed by atoms with E-state index in [-0.39, 0.29) is 11.1 Å². The molecule has 0 amide bonds. The van der Waals surface area contributed by atoms with Gasteiger partial charge in [0.15, 0.2) is 5.75 Å². The molecular formula is C14H17ClN2O3S. The summed E-state index contributed by atoms with van der Waals surface area (Å²) in [6.07, 6.45) is 2.34. The number of nitrogens with one attached hydrogen (secondary N) is 2. The van der Waals surface area contributed by atoms with Crippen LogP contribution in [0.3, 0.4) is 0 Å². The number of hydrogen-bond donors (Lipinski definition) is 2. The highest BCUT2D eigenvalue weighted by atomic mass is 35.5. The Kier molecular flexibility index (Phi) is 4.90. The van der Waals surface area contributed by atoms with Gasteiger partial charge in [-0.2, -0.15) is 5.48 Å². The highest BCUT2D eigenvalue weighted by Gasteiger charge is 2.46. The van der Waals surface area contributed by atoms with Crippen molar-refractivity contribution in [1.82, 2.24) is 10.8 Å². The molecule has 0 heterocycles. The van der Waals surface area contributed by atoms with Gasteiger partial charge in [-0.25, -0.2) is 4.79 Å². The zero-order valence-corrected chi connectivity index (χ0v) is 13.4. The van der Waals surface area contributed by atoms with E-state index in [0.29, 0.717) is 23.6 Å². The molecule has 0 bridgehead atoms. The predicted octanol–water partition coefficient (Wildman–Crippen LogP) is 2.50. The third kappa shape index (κ3) is 3.57. The van der Waals surface area contributed by atoms with Crippen molar-refractivity contribution in [2.75, 3.05) is 7.11 Å². The normalized spacial score (nSPS) is 15.6. The van der Waals surface area contributed by atoms with E-state index in [4.69, 9.17) is 33.4 Å². The number of carbonyl (C=O) groups is 1.